The van der Waals surface area contributed by atoms with Gasteiger partial charge in [-0.2, -0.15) is 0 Å². The lowest BCUT2D eigenvalue weighted by Gasteiger charge is -2.15. The van der Waals surface area contributed by atoms with Gasteiger partial charge in [-0.25, -0.2) is 4.79 Å². The summed E-state index contributed by atoms with van der Waals surface area (Å²) in [7, 11) is 0. The number of hydrogen-bond donors (Lipinski definition) is 0. The van der Waals surface area contributed by atoms with Crippen LogP contribution in [-0.2, 0) is 9.53 Å². The van der Waals surface area contributed by atoms with Crippen molar-refractivity contribution in [2.45, 2.75) is 39.2 Å². The first-order valence-corrected chi connectivity index (χ1v) is 8.48. The number of carbonyl (C=O) groups is 2. The minimum absolute atomic E-state index is 0.0934. The first-order valence-electron chi connectivity index (χ1n) is 8.48. The molecule has 2 aliphatic rings. The topological polar surface area (TPSA) is 59.8 Å². The first kappa shape index (κ1) is 15.2. The predicted octanol–water partition coefficient (Wildman–Crippen LogP) is 3.22. The quantitative estimate of drug-likeness (QED) is 0.809. The zero-order chi connectivity index (χ0) is 16.8. The maximum absolute atomic E-state index is 12.2. The third-order valence-electron chi connectivity index (χ3n) is 5.01. The van der Waals surface area contributed by atoms with E-state index in [1.54, 1.807) is 6.07 Å². The van der Waals surface area contributed by atoms with Gasteiger partial charge in [0.25, 0.3) is 0 Å². The van der Waals surface area contributed by atoms with Crippen molar-refractivity contribution in [1.29, 1.82) is 0 Å². The van der Waals surface area contributed by atoms with Crippen LogP contribution in [0.4, 0.5) is 0 Å². The van der Waals surface area contributed by atoms with E-state index >= 15 is 0 Å². The van der Waals surface area contributed by atoms with Crippen molar-refractivity contribution < 1.29 is 18.7 Å². The van der Waals surface area contributed by atoms with E-state index in [0.717, 1.165) is 29.4 Å². The lowest BCUT2D eigenvalue weighted by atomic mass is 10.1. The van der Waals surface area contributed by atoms with E-state index in [9.17, 15) is 9.59 Å². The Labute approximate surface area is 140 Å². The molecule has 1 aliphatic carbocycles. The molecule has 1 saturated heterocycles. The van der Waals surface area contributed by atoms with Gasteiger partial charge >= 0.3 is 5.97 Å². The van der Waals surface area contributed by atoms with Gasteiger partial charge in [0.2, 0.25) is 11.7 Å². The summed E-state index contributed by atoms with van der Waals surface area (Å²) in [5.41, 5.74) is 2.98. The average molecular weight is 327 g/mol. The predicted molar refractivity (Wildman–Crippen MR) is 88.8 cm³/mol. The minimum Gasteiger partial charge on any atom is -0.459 e. The van der Waals surface area contributed by atoms with Gasteiger partial charge in [0, 0.05) is 30.3 Å². The summed E-state index contributed by atoms with van der Waals surface area (Å²) in [5.74, 6) is 0.0429. The van der Waals surface area contributed by atoms with Gasteiger partial charge in [-0.05, 0) is 56.0 Å². The SMILES string of the molecule is Cc1cc2cc(C(=O)OC[C@@H]3CC(=O)N(C4CC4)C3)oc2cc1C. The van der Waals surface area contributed by atoms with Crippen molar-refractivity contribution in [1.82, 2.24) is 4.90 Å². The summed E-state index contributed by atoms with van der Waals surface area (Å²) < 4.78 is 11.0. The fourth-order valence-electron chi connectivity index (χ4n) is 3.33. The standard InChI is InChI=1S/C19H21NO4/c1-11-5-14-8-17(24-16(14)6-12(11)2)19(22)23-10-13-7-18(21)20(9-13)15-3-4-15/h5-6,8,13,15H,3-4,7,9-10H2,1-2H3/t13-/m1/s1. The molecule has 1 aromatic heterocycles. The fraction of sp³-hybridized carbons (Fsp3) is 0.474. The molecule has 1 saturated carbocycles. The number of benzene rings is 1. The largest absolute Gasteiger partial charge is 0.459 e. The molecule has 5 heteroatoms. The zero-order valence-corrected chi connectivity index (χ0v) is 14.0. The monoisotopic (exact) mass is 327 g/mol. The average Bonchev–Trinajstić information content (AvgIpc) is 3.20. The molecule has 2 aromatic rings. The fourth-order valence-corrected chi connectivity index (χ4v) is 3.33. The molecule has 0 unspecified atom stereocenters. The van der Waals surface area contributed by atoms with Gasteiger partial charge in [-0.15, -0.1) is 0 Å². The molecule has 1 aliphatic heterocycles. The van der Waals surface area contributed by atoms with Gasteiger partial charge < -0.3 is 14.1 Å². The second-order valence-electron chi connectivity index (χ2n) is 7.03. The Bertz CT molecular complexity index is 779. The van der Waals surface area contributed by atoms with Gasteiger partial charge in [0.1, 0.15) is 5.58 Å². The van der Waals surface area contributed by atoms with Crippen LogP contribution in [0.25, 0.3) is 11.0 Å². The summed E-state index contributed by atoms with van der Waals surface area (Å²) in [5, 5.41) is 0.904. The normalized spacial score (nSPS) is 20.8. The molecule has 1 amide bonds. The zero-order valence-electron chi connectivity index (χ0n) is 14.0. The Morgan fingerprint density at radius 1 is 1.25 bits per heavy atom. The number of nitrogens with zero attached hydrogens (tertiary/aromatic N) is 1. The number of furan rings is 1. The van der Waals surface area contributed by atoms with Crippen LogP contribution in [0.2, 0.25) is 0 Å². The Morgan fingerprint density at radius 3 is 2.75 bits per heavy atom. The van der Waals surface area contributed by atoms with Crippen molar-refractivity contribution >= 4 is 22.8 Å². The number of carbonyl (C=O) groups excluding carboxylic acids is 2. The minimum atomic E-state index is -0.459. The molecular weight excluding hydrogens is 306 g/mol. The highest BCUT2D eigenvalue weighted by atomic mass is 16.5. The van der Waals surface area contributed by atoms with E-state index in [4.69, 9.17) is 9.15 Å². The van der Waals surface area contributed by atoms with Crippen LogP contribution in [0.1, 0.15) is 40.9 Å². The number of amides is 1. The molecule has 1 atom stereocenters. The molecule has 0 radical (unpaired) electrons. The maximum Gasteiger partial charge on any atom is 0.374 e. The van der Waals surface area contributed by atoms with Crippen molar-refractivity contribution in [3.05, 3.63) is 35.1 Å². The smallest absolute Gasteiger partial charge is 0.374 e. The highest BCUT2D eigenvalue weighted by molar-refractivity contribution is 5.93. The van der Waals surface area contributed by atoms with Crippen LogP contribution in [-0.4, -0.2) is 36.0 Å². The summed E-state index contributed by atoms with van der Waals surface area (Å²) in [4.78, 5) is 26.1. The van der Waals surface area contributed by atoms with Gasteiger partial charge in [0.15, 0.2) is 0 Å². The molecule has 0 spiro atoms. The number of likely N-dealkylation sites (tertiary alicyclic amines) is 1. The van der Waals surface area contributed by atoms with E-state index in [-0.39, 0.29) is 24.2 Å². The van der Waals surface area contributed by atoms with E-state index < -0.39 is 5.97 Å². The van der Waals surface area contributed by atoms with Gasteiger partial charge in [0.05, 0.1) is 6.61 Å². The Morgan fingerprint density at radius 2 is 2.00 bits per heavy atom. The first-order chi connectivity index (χ1) is 11.5. The summed E-state index contributed by atoms with van der Waals surface area (Å²) >= 11 is 0. The van der Waals surface area contributed by atoms with Crippen LogP contribution in [0.5, 0.6) is 0 Å². The molecule has 2 fully saturated rings. The van der Waals surface area contributed by atoms with E-state index in [1.807, 2.05) is 30.9 Å². The maximum atomic E-state index is 12.2. The van der Waals surface area contributed by atoms with E-state index in [1.165, 1.54) is 0 Å². The van der Waals surface area contributed by atoms with Gasteiger partial charge in [-0.1, -0.05) is 0 Å². The molecule has 0 bridgehead atoms. The molecule has 4 rings (SSSR count). The number of ether oxygens (including phenoxy) is 1. The van der Waals surface area contributed by atoms with E-state index in [2.05, 4.69) is 0 Å². The molecule has 24 heavy (non-hydrogen) atoms. The molecule has 5 nitrogen and oxygen atoms in total. The third kappa shape index (κ3) is 2.79. The summed E-state index contributed by atoms with van der Waals surface area (Å²) in [6.45, 7) is 5.01. The van der Waals surface area contributed by atoms with Crippen molar-refractivity contribution in [2.75, 3.05) is 13.2 Å². The number of aryl methyl sites for hydroxylation is 2. The Kier molecular flexibility index (Phi) is 3.59. The number of esters is 1. The number of fused-ring (bicyclic) bond motifs is 1. The highest BCUT2D eigenvalue weighted by Crippen LogP contribution is 2.32. The molecule has 1 aromatic carbocycles. The molecular formula is C19H21NO4. The van der Waals surface area contributed by atoms with Crippen LogP contribution in [0, 0.1) is 19.8 Å². The lowest BCUT2D eigenvalue weighted by molar-refractivity contribution is -0.128. The van der Waals surface area contributed by atoms with Gasteiger partial charge in [-0.3, -0.25) is 4.79 Å². The van der Waals surface area contributed by atoms with Crippen LogP contribution < -0.4 is 0 Å². The second-order valence-corrected chi connectivity index (χ2v) is 7.03. The lowest BCUT2D eigenvalue weighted by Crippen LogP contribution is -2.27. The van der Waals surface area contributed by atoms with E-state index in [0.29, 0.717) is 24.6 Å². The van der Waals surface area contributed by atoms with Crippen LogP contribution in [0.3, 0.4) is 0 Å². The second kappa shape index (κ2) is 5.65. The Hall–Kier alpha value is -2.30. The van der Waals surface area contributed by atoms with Crippen LogP contribution >= 0.6 is 0 Å². The molecule has 0 N–H and O–H groups in total. The summed E-state index contributed by atoms with van der Waals surface area (Å²) in [6, 6.07) is 6.10. The Balaban J connectivity index is 1.40. The van der Waals surface area contributed by atoms with Crippen molar-refractivity contribution in [3.8, 4) is 0 Å². The van der Waals surface area contributed by atoms with Crippen LogP contribution in [0.15, 0.2) is 22.6 Å². The third-order valence-corrected chi connectivity index (χ3v) is 5.01. The highest BCUT2D eigenvalue weighted by Gasteiger charge is 2.39. The molecule has 2 heterocycles. The number of rotatable bonds is 4. The van der Waals surface area contributed by atoms with Crippen molar-refractivity contribution in [3.63, 3.8) is 0 Å². The number of hydrogen-bond acceptors (Lipinski definition) is 4. The van der Waals surface area contributed by atoms with Crippen molar-refractivity contribution in [2.24, 2.45) is 5.92 Å². The molecule has 126 valence electrons. The summed E-state index contributed by atoms with van der Waals surface area (Å²) in [6.07, 6.45) is 2.69.